The van der Waals surface area contributed by atoms with Gasteiger partial charge in [-0.2, -0.15) is 0 Å². The Morgan fingerprint density at radius 2 is 1.61 bits per heavy atom. The van der Waals surface area contributed by atoms with Crippen LogP contribution in [0, 0.1) is 0 Å². The van der Waals surface area contributed by atoms with Gasteiger partial charge in [-0.15, -0.1) is 0 Å². The van der Waals surface area contributed by atoms with Gasteiger partial charge < -0.3 is 15.0 Å². The Kier molecular flexibility index (Phi) is 4.97. The number of nitrogens with zero attached hydrogens (tertiary/aromatic N) is 2. The predicted molar refractivity (Wildman–Crippen MR) is 101 cm³/mol. The van der Waals surface area contributed by atoms with Gasteiger partial charge in [-0.1, -0.05) is 60.7 Å². The van der Waals surface area contributed by atoms with Crippen LogP contribution in [0.2, 0.25) is 0 Å². The van der Waals surface area contributed by atoms with Crippen LogP contribution in [0.15, 0.2) is 60.7 Å². The van der Waals surface area contributed by atoms with Gasteiger partial charge in [-0.3, -0.25) is 4.79 Å². The van der Waals surface area contributed by atoms with Crippen molar-refractivity contribution in [3.63, 3.8) is 0 Å². The number of benzene rings is 2. The molecule has 0 saturated carbocycles. The summed E-state index contributed by atoms with van der Waals surface area (Å²) in [5.74, 6) is -0.344. The van der Waals surface area contributed by atoms with E-state index in [0.29, 0.717) is 19.5 Å². The number of hydrogen-bond acceptors (Lipinski definition) is 4. The highest BCUT2D eigenvalue weighted by atomic mass is 16.6. The van der Waals surface area contributed by atoms with E-state index in [1.54, 1.807) is 4.90 Å². The van der Waals surface area contributed by atoms with E-state index >= 15 is 0 Å². The number of carbonyl (C=O) groups is 3. The highest BCUT2D eigenvalue weighted by Crippen LogP contribution is 2.24. The lowest BCUT2D eigenvalue weighted by molar-refractivity contribution is -0.127. The highest BCUT2D eigenvalue weighted by molar-refractivity contribution is 5.98. The molecule has 0 bridgehead atoms. The summed E-state index contributed by atoms with van der Waals surface area (Å²) in [6.45, 7) is 0.568. The molecule has 2 aliphatic rings. The quantitative estimate of drug-likeness (QED) is 0.885. The van der Waals surface area contributed by atoms with Gasteiger partial charge in [0.15, 0.2) is 6.61 Å². The van der Waals surface area contributed by atoms with E-state index < -0.39 is 6.09 Å². The summed E-state index contributed by atoms with van der Waals surface area (Å²) in [5, 5.41) is 3.09. The van der Waals surface area contributed by atoms with Crippen molar-refractivity contribution in [3.8, 4) is 0 Å². The first kappa shape index (κ1) is 18.0. The van der Waals surface area contributed by atoms with Crippen LogP contribution in [0.1, 0.15) is 23.6 Å². The van der Waals surface area contributed by atoms with Crippen LogP contribution in [0.3, 0.4) is 0 Å². The SMILES string of the molecule is O=C(NC(c1ccccc1)c1ccccc1)N1CCC(N2C(=O)COC2=O)C1. The number of likely N-dealkylation sites (tertiary alicyclic amines) is 1. The third-order valence-electron chi connectivity index (χ3n) is 5.13. The third-order valence-corrected chi connectivity index (χ3v) is 5.13. The first-order valence-corrected chi connectivity index (χ1v) is 9.27. The monoisotopic (exact) mass is 379 g/mol. The summed E-state index contributed by atoms with van der Waals surface area (Å²) in [7, 11) is 0. The van der Waals surface area contributed by atoms with Crippen molar-refractivity contribution in [2.45, 2.75) is 18.5 Å². The third kappa shape index (κ3) is 3.55. The molecular formula is C21H21N3O4. The zero-order valence-corrected chi connectivity index (χ0v) is 15.3. The molecule has 4 rings (SSSR count). The number of amides is 4. The molecule has 4 amide bonds. The summed E-state index contributed by atoms with van der Waals surface area (Å²) in [6, 6.07) is 18.7. The molecule has 2 fully saturated rings. The maximum atomic E-state index is 12.9. The van der Waals surface area contributed by atoms with Crippen LogP contribution >= 0.6 is 0 Å². The minimum Gasteiger partial charge on any atom is -0.439 e. The second kappa shape index (κ2) is 7.72. The average Bonchev–Trinajstić information content (AvgIpc) is 3.33. The lowest BCUT2D eigenvalue weighted by Crippen LogP contribution is -2.45. The fraction of sp³-hybridized carbons (Fsp3) is 0.286. The van der Waals surface area contributed by atoms with Crippen molar-refractivity contribution in [2.75, 3.05) is 19.7 Å². The van der Waals surface area contributed by atoms with E-state index in [4.69, 9.17) is 4.74 Å². The maximum absolute atomic E-state index is 12.9. The number of carbonyl (C=O) groups excluding carboxylic acids is 3. The van der Waals surface area contributed by atoms with E-state index in [-0.39, 0.29) is 30.6 Å². The van der Waals surface area contributed by atoms with Crippen molar-refractivity contribution < 1.29 is 19.1 Å². The average molecular weight is 379 g/mol. The second-order valence-electron chi connectivity index (χ2n) is 6.91. The smallest absolute Gasteiger partial charge is 0.417 e. The standard InChI is InChI=1S/C21H21N3O4/c25-18-14-28-21(27)24(18)17-11-12-23(13-17)20(26)22-19(15-7-3-1-4-8-15)16-9-5-2-6-10-16/h1-10,17,19H,11-14H2,(H,22,26). The van der Waals surface area contributed by atoms with Crippen molar-refractivity contribution >= 4 is 18.0 Å². The molecule has 0 aliphatic carbocycles. The summed E-state index contributed by atoms with van der Waals surface area (Å²) in [6.07, 6.45) is -0.0704. The number of rotatable bonds is 4. The van der Waals surface area contributed by atoms with E-state index in [1.807, 2.05) is 60.7 Å². The fourth-order valence-corrected chi connectivity index (χ4v) is 3.72. The van der Waals surface area contributed by atoms with Crippen LogP contribution in [-0.2, 0) is 9.53 Å². The minimum atomic E-state index is -0.622. The second-order valence-corrected chi connectivity index (χ2v) is 6.91. The van der Waals surface area contributed by atoms with E-state index in [9.17, 15) is 14.4 Å². The Morgan fingerprint density at radius 1 is 1.00 bits per heavy atom. The van der Waals surface area contributed by atoms with E-state index in [2.05, 4.69) is 5.32 Å². The minimum absolute atomic E-state index is 0.217. The zero-order valence-electron chi connectivity index (χ0n) is 15.3. The summed E-state index contributed by atoms with van der Waals surface area (Å²) >= 11 is 0. The van der Waals surface area contributed by atoms with Crippen LogP contribution in [0.5, 0.6) is 0 Å². The number of imide groups is 1. The topological polar surface area (TPSA) is 79.0 Å². The number of nitrogens with one attached hydrogen (secondary N) is 1. The number of urea groups is 1. The first-order chi connectivity index (χ1) is 13.6. The Morgan fingerprint density at radius 3 is 2.14 bits per heavy atom. The van der Waals surface area contributed by atoms with Gasteiger partial charge in [0.2, 0.25) is 0 Å². The van der Waals surface area contributed by atoms with Crippen molar-refractivity contribution in [3.05, 3.63) is 71.8 Å². The normalized spacial score (nSPS) is 19.2. The lowest BCUT2D eigenvalue weighted by atomic mass is 9.99. The molecule has 1 unspecified atom stereocenters. The van der Waals surface area contributed by atoms with Gasteiger partial charge in [0.1, 0.15) is 0 Å². The molecule has 0 spiro atoms. The maximum Gasteiger partial charge on any atom is 0.417 e. The van der Waals surface area contributed by atoms with Gasteiger partial charge in [0, 0.05) is 13.1 Å². The highest BCUT2D eigenvalue weighted by Gasteiger charge is 2.41. The molecule has 0 radical (unpaired) electrons. The van der Waals surface area contributed by atoms with Gasteiger partial charge in [0.25, 0.3) is 5.91 Å². The van der Waals surface area contributed by atoms with Gasteiger partial charge in [0.05, 0.1) is 12.1 Å². The fourth-order valence-electron chi connectivity index (χ4n) is 3.72. The Labute approximate surface area is 162 Å². The zero-order chi connectivity index (χ0) is 19.5. The van der Waals surface area contributed by atoms with Gasteiger partial charge in [-0.25, -0.2) is 14.5 Å². The predicted octanol–water partition coefficient (Wildman–Crippen LogP) is 2.54. The summed E-state index contributed by atoms with van der Waals surface area (Å²) < 4.78 is 4.78. The molecule has 28 heavy (non-hydrogen) atoms. The summed E-state index contributed by atoms with van der Waals surface area (Å²) in [5.41, 5.74) is 1.96. The molecule has 2 saturated heterocycles. The number of ether oxygens (including phenoxy) is 1. The number of hydrogen-bond donors (Lipinski definition) is 1. The summed E-state index contributed by atoms with van der Waals surface area (Å²) in [4.78, 5) is 39.3. The molecule has 144 valence electrons. The van der Waals surface area contributed by atoms with Crippen molar-refractivity contribution in [1.29, 1.82) is 0 Å². The molecule has 2 aromatic carbocycles. The molecule has 7 nitrogen and oxygen atoms in total. The van der Waals surface area contributed by atoms with Gasteiger partial charge >= 0.3 is 12.1 Å². The first-order valence-electron chi connectivity index (χ1n) is 9.27. The van der Waals surface area contributed by atoms with Crippen molar-refractivity contribution in [2.24, 2.45) is 0 Å². The molecule has 1 atom stereocenters. The van der Waals surface area contributed by atoms with Crippen LogP contribution in [0.4, 0.5) is 9.59 Å². The molecule has 2 aromatic rings. The van der Waals surface area contributed by atoms with Crippen LogP contribution in [0.25, 0.3) is 0 Å². The van der Waals surface area contributed by atoms with Crippen molar-refractivity contribution in [1.82, 2.24) is 15.1 Å². The molecule has 1 N–H and O–H groups in total. The van der Waals surface area contributed by atoms with Crippen LogP contribution in [-0.4, -0.2) is 53.6 Å². The molecule has 0 aromatic heterocycles. The Bertz CT molecular complexity index is 816. The van der Waals surface area contributed by atoms with E-state index in [0.717, 1.165) is 16.0 Å². The van der Waals surface area contributed by atoms with Crippen LogP contribution < -0.4 is 5.32 Å². The Hall–Kier alpha value is -3.35. The molecule has 7 heteroatoms. The Balaban J connectivity index is 1.48. The van der Waals surface area contributed by atoms with Gasteiger partial charge in [-0.05, 0) is 17.5 Å². The molecule has 2 aliphatic heterocycles. The largest absolute Gasteiger partial charge is 0.439 e. The molecule has 2 heterocycles. The lowest BCUT2D eigenvalue weighted by Gasteiger charge is -2.25. The molecular weight excluding hydrogens is 358 g/mol. The van der Waals surface area contributed by atoms with E-state index in [1.165, 1.54) is 0 Å². The number of cyclic esters (lactones) is 1.